The van der Waals surface area contributed by atoms with Crippen LogP contribution in [0.1, 0.15) is 6.92 Å². The third-order valence-corrected chi connectivity index (χ3v) is 4.39. The van der Waals surface area contributed by atoms with Gasteiger partial charge in [-0.2, -0.15) is 0 Å². The van der Waals surface area contributed by atoms with Crippen LogP contribution >= 0.6 is 11.3 Å². The molecule has 0 saturated carbocycles. The minimum Gasteiger partial charge on any atom is -0.466 e. The van der Waals surface area contributed by atoms with Gasteiger partial charge in [0.2, 0.25) is 0 Å². The normalized spacial score (nSPS) is 12.0. The summed E-state index contributed by atoms with van der Waals surface area (Å²) in [6, 6.07) is 9.69. The fraction of sp³-hybridized carbons (Fsp3) is 0.294. The number of aromatic nitrogens is 4. The standard InChI is InChI=1S/C17H18N4O3S/c1-2-24-16(22)14(10-20-8-9-25-17(20)23)11-21-12-15(18-19-21)13-6-4-3-5-7-13/h3-9,12,14H,2,10-11H2,1H3. The zero-order valence-electron chi connectivity index (χ0n) is 13.7. The van der Waals surface area contributed by atoms with Gasteiger partial charge in [0.1, 0.15) is 5.69 Å². The molecule has 0 aliphatic heterocycles. The maximum Gasteiger partial charge on any atom is 0.312 e. The molecule has 2 aromatic heterocycles. The number of esters is 1. The molecule has 0 radical (unpaired) electrons. The monoisotopic (exact) mass is 358 g/mol. The molecular formula is C17H18N4O3S. The molecule has 0 aliphatic carbocycles. The number of ether oxygens (including phenoxy) is 1. The van der Waals surface area contributed by atoms with Crippen molar-refractivity contribution in [2.45, 2.75) is 20.0 Å². The van der Waals surface area contributed by atoms with Gasteiger partial charge in [-0.05, 0) is 6.92 Å². The first kappa shape index (κ1) is 17.1. The summed E-state index contributed by atoms with van der Waals surface area (Å²) in [5, 5.41) is 9.96. The molecule has 0 bridgehead atoms. The number of rotatable bonds is 7. The first-order valence-corrected chi connectivity index (χ1v) is 8.81. The first-order chi connectivity index (χ1) is 12.2. The minimum absolute atomic E-state index is 0.0992. The minimum atomic E-state index is -0.516. The number of carbonyl (C=O) groups is 1. The second-order valence-corrected chi connectivity index (χ2v) is 6.32. The fourth-order valence-electron chi connectivity index (χ4n) is 2.49. The highest BCUT2D eigenvalue weighted by atomic mass is 32.1. The molecule has 1 atom stereocenters. The topological polar surface area (TPSA) is 79.0 Å². The largest absolute Gasteiger partial charge is 0.466 e. The second-order valence-electron chi connectivity index (χ2n) is 5.46. The zero-order valence-corrected chi connectivity index (χ0v) is 14.6. The molecule has 0 amide bonds. The summed E-state index contributed by atoms with van der Waals surface area (Å²) in [7, 11) is 0. The van der Waals surface area contributed by atoms with Crippen LogP contribution in [-0.4, -0.2) is 32.1 Å². The molecule has 3 aromatic rings. The van der Waals surface area contributed by atoms with Crippen molar-refractivity contribution >= 4 is 17.3 Å². The summed E-state index contributed by atoms with van der Waals surface area (Å²) in [5.74, 6) is -0.866. The SMILES string of the molecule is CCOC(=O)C(Cn1cc(-c2ccccc2)nn1)Cn1ccsc1=O. The molecule has 0 aliphatic rings. The molecule has 130 valence electrons. The summed E-state index contributed by atoms with van der Waals surface area (Å²) in [6.07, 6.45) is 3.47. The van der Waals surface area contributed by atoms with Gasteiger partial charge >= 0.3 is 10.8 Å². The third-order valence-electron chi connectivity index (χ3n) is 3.70. The molecule has 25 heavy (non-hydrogen) atoms. The van der Waals surface area contributed by atoms with Crippen LogP contribution in [0.2, 0.25) is 0 Å². The predicted octanol–water partition coefficient (Wildman–Crippen LogP) is 2.05. The number of benzene rings is 1. The van der Waals surface area contributed by atoms with E-state index in [4.69, 9.17) is 4.74 Å². The van der Waals surface area contributed by atoms with Crippen molar-refractivity contribution in [3.05, 3.63) is 57.8 Å². The van der Waals surface area contributed by atoms with Crippen LogP contribution in [0.15, 0.2) is 52.9 Å². The predicted molar refractivity (Wildman–Crippen MR) is 94.2 cm³/mol. The van der Waals surface area contributed by atoms with Crippen molar-refractivity contribution in [2.24, 2.45) is 5.92 Å². The molecule has 8 heteroatoms. The molecule has 7 nitrogen and oxygen atoms in total. The van der Waals surface area contributed by atoms with Gasteiger partial charge in [0, 0.05) is 23.7 Å². The van der Waals surface area contributed by atoms with E-state index in [1.165, 1.54) is 4.57 Å². The van der Waals surface area contributed by atoms with E-state index in [-0.39, 0.29) is 17.4 Å². The van der Waals surface area contributed by atoms with E-state index in [1.54, 1.807) is 29.4 Å². The van der Waals surface area contributed by atoms with Crippen LogP contribution in [-0.2, 0) is 22.6 Å². The maximum absolute atomic E-state index is 12.3. The lowest BCUT2D eigenvalue weighted by Gasteiger charge is -2.15. The van der Waals surface area contributed by atoms with Gasteiger partial charge in [0.25, 0.3) is 0 Å². The highest BCUT2D eigenvalue weighted by molar-refractivity contribution is 7.07. The Bertz CT molecular complexity index is 884. The number of thiazole rings is 1. The molecule has 0 saturated heterocycles. The van der Waals surface area contributed by atoms with Crippen LogP contribution in [0.5, 0.6) is 0 Å². The Kier molecular flexibility index (Phi) is 5.39. The maximum atomic E-state index is 12.3. The number of carbonyl (C=O) groups excluding carboxylic acids is 1. The lowest BCUT2D eigenvalue weighted by Crippen LogP contribution is -2.30. The Morgan fingerprint density at radius 2 is 2.08 bits per heavy atom. The molecule has 1 unspecified atom stereocenters. The zero-order chi connectivity index (χ0) is 17.6. The van der Waals surface area contributed by atoms with Crippen molar-refractivity contribution in [3.63, 3.8) is 0 Å². The van der Waals surface area contributed by atoms with Crippen LogP contribution in [0.3, 0.4) is 0 Å². The van der Waals surface area contributed by atoms with Crippen LogP contribution in [0, 0.1) is 5.92 Å². The van der Waals surface area contributed by atoms with E-state index in [0.717, 1.165) is 22.6 Å². The molecule has 0 fully saturated rings. The van der Waals surface area contributed by atoms with E-state index in [0.29, 0.717) is 13.2 Å². The molecule has 3 rings (SSSR count). The van der Waals surface area contributed by atoms with Gasteiger partial charge in [0.15, 0.2) is 0 Å². The lowest BCUT2D eigenvalue weighted by molar-refractivity contribution is -0.149. The van der Waals surface area contributed by atoms with Crippen molar-refractivity contribution in [2.75, 3.05) is 6.61 Å². The Hall–Kier alpha value is -2.74. The van der Waals surface area contributed by atoms with Gasteiger partial charge < -0.3 is 9.30 Å². The second kappa shape index (κ2) is 7.89. The Morgan fingerprint density at radius 3 is 2.76 bits per heavy atom. The van der Waals surface area contributed by atoms with Crippen LogP contribution in [0.25, 0.3) is 11.3 Å². The van der Waals surface area contributed by atoms with Gasteiger partial charge in [-0.25, -0.2) is 0 Å². The molecular weight excluding hydrogens is 340 g/mol. The summed E-state index contributed by atoms with van der Waals surface area (Å²) in [5.41, 5.74) is 1.69. The summed E-state index contributed by atoms with van der Waals surface area (Å²) >= 11 is 1.10. The quantitative estimate of drug-likeness (QED) is 0.604. The van der Waals surface area contributed by atoms with Crippen molar-refractivity contribution in [1.82, 2.24) is 19.6 Å². The van der Waals surface area contributed by atoms with Gasteiger partial charge in [0.05, 0.1) is 25.3 Å². The van der Waals surface area contributed by atoms with Crippen LogP contribution in [0.4, 0.5) is 0 Å². The molecule has 1 aromatic carbocycles. The Morgan fingerprint density at radius 1 is 1.28 bits per heavy atom. The van der Waals surface area contributed by atoms with E-state index >= 15 is 0 Å². The highest BCUT2D eigenvalue weighted by Crippen LogP contribution is 2.16. The van der Waals surface area contributed by atoms with Crippen molar-refractivity contribution in [1.29, 1.82) is 0 Å². The van der Waals surface area contributed by atoms with Gasteiger partial charge in [-0.1, -0.05) is 46.9 Å². The average molecular weight is 358 g/mol. The summed E-state index contributed by atoms with van der Waals surface area (Å²) in [6.45, 7) is 2.60. The van der Waals surface area contributed by atoms with Gasteiger partial charge in [-0.3, -0.25) is 14.3 Å². The fourth-order valence-corrected chi connectivity index (χ4v) is 3.08. The Balaban J connectivity index is 1.78. The molecule has 2 heterocycles. The van der Waals surface area contributed by atoms with E-state index < -0.39 is 5.92 Å². The third kappa shape index (κ3) is 4.21. The average Bonchev–Trinajstić information content (AvgIpc) is 3.25. The smallest absolute Gasteiger partial charge is 0.312 e. The van der Waals surface area contributed by atoms with E-state index in [1.807, 2.05) is 30.3 Å². The van der Waals surface area contributed by atoms with E-state index in [9.17, 15) is 9.59 Å². The molecule has 0 spiro atoms. The van der Waals surface area contributed by atoms with E-state index in [2.05, 4.69) is 10.3 Å². The molecule has 0 N–H and O–H groups in total. The number of nitrogens with zero attached hydrogens (tertiary/aromatic N) is 4. The van der Waals surface area contributed by atoms with Crippen molar-refractivity contribution < 1.29 is 9.53 Å². The van der Waals surface area contributed by atoms with Gasteiger partial charge in [-0.15, -0.1) is 5.10 Å². The summed E-state index contributed by atoms with van der Waals surface area (Å²) < 4.78 is 8.27. The summed E-state index contributed by atoms with van der Waals surface area (Å²) in [4.78, 5) is 23.9. The lowest BCUT2D eigenvalue weighted by atomic mass is 10.1. The number of hydrogen-bond acceptors (Lipinski definition) is 6. The van der Waals surface area contributed by atoms with Crippen LogP contribution < -0.4 is 4.87 Å². The first-order valence-electron chi connectivity index (χ1n) is 7.93. The Labute approximate surface area is 148 Å². The highest BCUT2D eigenvalue weighted by Gasteiger charge is 2.22. The number of hydrogen-bond donors (Lipinski definition) is 0. The van der Waals surface area contributed by atoms with Crippen molar-refractivity contribution in [3.8, 4) is 11.3 Å².